The van der Waals surface area contributed by atoms with Gasteiger partial charge in [0.05, 0.1) is 15.2 Å². The Bertz CT molecular complexity index is 565. The molecule has 3 heteroatoms. The van der Waals surface area contributed by atoms with Crippen molar-refractivity contribution in [1.29, 1.82) is 0 Å². The fraction of sp³-hybridized carbons (Fsp3) is 0.533. The molecule has 1 unspecified atom stereocenters. The summed E-state index contributed by atoms with van der Waals surface area (Å²) in [4.78, 5) is 4.77. The summed E-state index contributed by atoms with van der Waals surface area (Å²) in [6.45, 7) is 7.84. The molecule has 1 saturated heterocycles. The third-order valence-corrected chi connectivity index (χ3v) is 5.24. The Hall–Kier alpha value is -0.930. The maximum Gasteiger partial charge on any atom is 0.0963 e. The normalized spacial score (nSPS) is 24.2. The fourth-order valence-electron chi connectivity index (χ4n) is 2.68. The van der Waals surface area contributed by atoms with Crippen LogP contribution in [-0.2, 0) is 5.54 Å². The summed E-state index contributed by atoms with van der Waals surface area (Å²) in [5.41, 5.74) is 2.69. The smallest absolute Gasteiger partial charge is 0.0963 e. The van der Waals surface area contributed by atoms with Crippen LogP contribution in [0.3, 0.4) is 0 Å². The van der Waals surface area contributed by atoms with Gasteiger partial charge in [0.25, 0.3) is 0 Å². The molecule has 1 N–H and O–H groups in total. The molecule has 18 heavy (non-hydrogen) atoms. The molecule has 1 atom stereocenters. The highest BCUT2D eigenvalue weighted by atomic mass is 32.1. The fourth-order valence-corrected chi connectivity index (χ4v) is 3.63. The van der Waals surface area contributed by atoms with E-state index in [2.05, 4.69) is 44.3 Å². The summed E-state index contributed by atoms with van der Waals surface area (Å²) in [6.07, 6.45) is 2.49. The summed E-state index contributed by atoms with van der Waals surface area (Å²) < 4.78 is 1.31. The number of nitrogens with one attached hydrogen (secondary N) is 1. The van der Waals surface area contributed by atoms with Crippen molar-refractivity contribution < 1.29 is 0 Å². The monoisotopic (exact) mass is 260 g/mol. The Morgan fingerprint density at radius 2 is 2.22 bits per heavy atom. The lowest BCUT2D eigenvalue weighted by molar-refractivity contribution is 0.435. The maximum absolute atomic E-state index is 4.77. The Morgan fingerprint density at radius 3 is 2.89 bits per heavy atom. The first kappa shape index (κ1) is 12.1. The predicted molar refractivity (Wildman–Crippen MR) is 78.3 cm³/mol. The molecule has 1 fully saturated rings. The van der Waals surface area contributed by atoms with Gasteiger partial charge in [0.1, 0.15) is 0 Å². The Morgan fingerprint density at radius 1 is 1.39 bits per heavy atom. The average molecular weight is 260 g/mol. The van der Waals surface area contributed by atoms with Gasteiger partial charge in [0.15, 0.2) is 0 Å². The van der Waals surface area contributed by atoms with E-state index >= 15 is 0 Å². The third kappa shape index (κ3) is 1.95. The minimum absolute atomic E-state index is 0.149. The second kappa shape index (κ2) is 4.32. The zero-order valence-corrected chi connectivity index (χ0v) is 12.1. The highest BCUT2D eigenvalue weighted by Crippen LogP contribution is 2.34. The van der Waals surface area contributed by atoms with E-state index in [9.17, 15) is 0 Å². The number of nitrogens with zero attached hydrogens (tertiary/aromatic N) is 1. The highest BCUT2D eigenvalue weighted by molar-refractivity contribution is 7.18. The van der Waals surface area contributed by atoms with E-state index in [1.165, 1.54) is 28.1 Å². The van der Waals surface area contributed by atoms with Crippen LogP contribution in [-0.4, -0.2) is 11.5 Å². The minimum atomic E-state index is 0.149. The molecule has 2 nitrogen and oxygen atoms in total. The lowest BCUT2D eigenvalue weighted by atomic mass is 9.90. The number of benzene rings is 1. The van der Waals surface area contributed by atoms with Gasteiger partial charge < -0.3 is 5.32 Å². The summed E-state index contributed by atoms with van der Waals surface area (Å²) in [5, 5.41) is 4.86. The predicted octanol–water partition coefficient (Wildman–Crippen LogP) is 4.02. The van der Waals surface area contributed by atoms with E-state index in [0.29, 0.717) is 5.92 Å². The maximum atomic E-state index is 4.77. The molecular formula is C15H20N2S. The summed E-state index contributed by atoms with van der Waals surface area (Å²) in [6, 6.07) is 6.78. The van der Waals surface area contributed by atoms with Crippen LogP contribution in [0.1, 0.15) is 50.1 Å². The number of hydrogen-bond acceptors (Lipinski definition) is 3. The van der Waals surface area contributed by atoms with Gasteiger partial charge in [0, 0.05) is 11.5 Å². The van der Waals surface area contributed by atoms with E-state index in [1.807, 2.05) is 11.3 Å². The molecule has 1 aliphatic heterocycles. The molecule has 1 aliphatic rings. The van der Waals surface area contributed by atoms with Crippen LogP contribution in [0.15, 0.2) is 18.2 Å². The number of thiazole rings is 1. The summed E-state index contributed by atoms with van der Waals surface area (Å²) in [7, 11) is 0. The van der Waals surface area contributed by atoms with E-state index in [0.717, 1.165) is 12.1 Å². The first-order chi connectivity index (χ1) is 8.58. The van der Waals surface area contributed by atoms with Gasteiger partial charge in [0.2, 0.25) is 0 Å². The van der Waals surface area contributed by atoms with Gasteiger partial charge in [-0.1, -0.05) is 19.9 Å². The van der Waals surface area contributed by atoms with Crippen LogP contribution >= 0.6 is 11.3 Å². The van der Waals surface area contributed by atoms with Gasteiger partial charge in [-0.25, -0.2) is 4.98 Å². The standard InChI is InChI=1S/C15H20N2S/c1-10(2)14-17-12-9-11(5-6-13(12)18-14)15(3)7-4-8-16-15/h5-6,9-10,16H,4,7-8H2,1-3H3. The Labute approximate surface area is 112 Å². The van der Waals surface area contributed by atoms with Crippen LogP contribution in [0, 0.1) is 0 Å². The molecule has 1 aromatic carbocycles. The van der Waals surface area contributed by atoms with Gasteiger partial charge >= 0.3 is 0 Å². The van der Waals surface area contributed by atoms with Crippen molar-refractivity contribution in [1.82, 2.24) is 10.3 Å². The molecule has 96 valence electrons. The molecule has 0 bridgehead atoms. The SMILES string of the molecule is CC(C)c1nc2cc(C3(C)CCCN3)ccc2s1. The van der Waals surface area contributed by atoms with E-state index < -0.39 is 0 Å². The van der Waals surface area contributed by atoms with Crippen LogP contribution in [0.4, 0.5) is 0 Å². The lowest BCUT2D eigenvalue weighted by Crippen LogP contribution is -2.32. The number of fused-ring (bicyclic) bond motifs is 1. The second-order valence-electron chi connectivity index (χ2n) is 5.75. The van der Waals surface area contributed by atoms with Crippen molar-refractivity contribution in [3.05, 3.63) is 28.8 Å². The van der Waals surface area contributed by atoms with Crippen LogP contribution in [0.25, 0.3) is 10.2 Å². The third-order valence-electron chi connectivity index (χ3n) is 3.90. The van der Waals surface area contributed by atoms with Gasteiger partial charge in [-0.05, 0) is 44.0 Å². The van der Waals surface area contributed by atoms with Crippen LogP contribution in [0.5, 0.6) is 0 Å². The summed E-state index contributed by atoms with van der Waals surface area (Å²) in [5.74, 6) is 0.519. The number of aromatic nitrogens is 1. The molecule has 3 rings (SSSR count). The largest absolute Gasteiger partial charge is 0.308 e. The van der Waals surface area contributed by atoms with Crippen molar-refractivity contribution >= 4 is 21.6 Å². The van der Waals surface area contributed by atoms with Crippen molar-refractivity contribution in [2.45, 2.75) is 45.1 Å². The average Bonchev–Trinajstić information content (AvgIpc) is 2.94. The Balaban J connectivity index is 2.05. The highest BCUT2D eigenvalue weighted by Gasteiger charge is 2.30. The number of rotatable bonds is 2. The van der Waals surface area contributed by atoms with Crippen LogP contribution in [0.2, 0.25) is 0 Å². The zero-order chi connectivity index (χ0) is 12.8. The van der Waals surface area contributed by atoms with E-state index in [1.54, 1.807) is 0 Å². The Kier molecular flexibility index (Phi) is 2.91. The van der Waals surface area contributed by atoms with Crippen molar-refractivity contribution in [3.63, 3.8) is 0 Å². The second-order valence-corrected chi connectivity index (χ2v) is 6.81. The molecule has 2 aromatic rings. The van der Waals surface area contributed by atoms with Gasteiger partial charge in [-0.2, -0.15) is 0 Å². The quantitative estimate of drug-likeness (QED) is 0.882. The molecular weight excluding hydrogens is 240 g/mol. The van der Waals surface area contributed by atoms with E-state index in [4.69, 9.17) is 4.98 Å². The number of hydrogen-bond donors (Lipinski definition) is 1. The first-order valence-corrected chi connectivity index (χ1v) is 7.56. The minimum Gasteiger partial charge on any atom is -0.308 e. The molecule has 0 amide bonds. The lowest BCUT2D eigenvalue weighted by Gasteiger charge is -2.24. The zero-order valence-electron chi connectivity index (χ0n) is 11.3. The van der Waals surface area contributed by atoms with E-state index in [-0.39, 0.29) is 5.54 Å². The molecule has 0 spiro atoms. The molecule has 0 aliphatic carbocycles. The van der Waals surface area contributed by atoms with Gasteiger partial charge in [-0.15, -0.1) is 11.3 Å². The van der Waals surface area contributed by atoms with Crippen molar-refractivity contribution in [2.24, 2.45) is 0 Å². The van der Waals surface area contributed by atoms with Gasteiger partial charge in [-0.3, -0.25) is 0 Å². The molecule has 1 aromatic heterocycles. The first-order valence-electron chi connectivity index (χ1n) is 6.74. The van der Waals surface area contributed by atoms with Crippen molar-refractivity contribution in [3.8, 4) is 0 Å². The summed E-state index contributed by atoms with van der Waals surface area (Å²) >= 11 is 1.82. The topological polar surface area (TPSA) is 24.9 Å². The van der Waals surface area contributed by atoms with Crippen LogP contribution < -0.4 is 5.32 Å². The molecule has 0 radical (unpaired) electrons. The van der Waals surface area contributed by atoms with Crippen molar-refractivity contribution in [2.75, 3.05) is 6.54 Å². The molecule has 0 saturated carbocycles. The molecule has 2 heterocycles.